The number of hydrogen-bond acceptors (Lipinski definition) is 2. The molecule has 16 heavy (non-hydrogen) atoms. The maximum Gasteiger partial charge on any atom is 0.123 e. The summed E-state index contributed by atoms with van der Waals surface area (Å²) in [4.78, 5) is 0. The van der Waals surface area contributed by atoms with Gasteiger partial charge in [-0.05, 0) is 31.0 Å². The van der Waals surface area contributed by atoms with Gasteiger partial charge in [0.15, 0.2) is 0 Å². The highest BCUT2D eigenvalue weighted by molar-refractivity contribution is 5.19. The molecule has 1 rings (SSSR count). The normalized spacial score (nSPS) is 14.8. The Morgan fingerprint density at radius 1 is 1.31 bits per heavy atom. The molecular formula is C13H20FNO. The van der Waals surface area contributed by atoms with Crippen LogP contribution < -0.4 is 5.73 Å². The zero-order valence-electron chi connectivity index (χ0n) is 9.95. The Labute approximate surface area is 96.6 Å². The molecule has 0 aliphatic rings. The molecule has 0 saturated heterocycles. The Hall–Kier alpha value is -0.930. The van der Waals surface area contributed by atoms with E-state index >= 15 is 0 Å². The largest absolute Gasteiger partial charge is 0.377 e. The minimum atomic E-state index is -0.240. The van der Waals surface area contributed by atoms with Crippen LogP contribution in [0.5, 0.6) is 0 Å². The molecule has 3 heteroatoms. The molecule has 0 amide bonds. The number of ether oxygens (including phenoxy) is 1. The van der Waals surface area contributed by atoms with Gasteiger partial charge in [-0.15, -0.1) is 0 Å². The molecule has 0 spiro atoms. The molecule has 1 aromatic rings. The van der Waals surface area contributed by atoms with Gasteiger partial charge in [-0.1, -0.05) is 25.5 Å². The van der Waals surface area contributed by atoms with Crippen LogP contribution in [0.3, 0.4) is 0 Å². The van der Waals surface area contributed by atoms with Gasteiger partial charge in [0.05, 0.1) is 18.8 Å². The van der Waals surface area contributed by atoms with Crippen molar-refractivity contribution in [1.82, 2.24) is 0 Å². The summed E-state index contributed by atoms with van der Waals surface area (Å²) >= 11 is 0. The van der Waals surface area contributed by atoms with Gasteiger partial charge in [0.2, 0.25) is 0 Å². The van der Waals surface area contributed by atoms with E-state index in [0.717, 1.165) is 18.4 Å². The molecule has 0 aliphatic carbocycles. The quantitative estimate of drug-likeness (QED) is 0.807. The molecule has 0 aliphatic heterocycles. The summed E-state index contributed by atoms with van der Waals surface area (Å²) in [5.41, 5.74) is 6.85. The van der Waals surface area contributed by atoms with Gasteiger partial charge in [-0.25, -0.2) is 4.39 Å². The Bertz CT molecular complexity index is 299. The van der Waals surface area contributed by atoms with Crippen LogP contribution in [-0.4, -0.2) is 12.7 Å². The van der Waals surface area contributed by atoms with Gasteiger partial charge in [-0.2, -0.15) is 0 Å². The van der Waals surface area contributed by atoms with E-state index in [9.17, 15) is 4.39 Å². The van der Waals surface area contributed by atoms with Crippen LogP contribution in [0.1, 0.15) is 38.3 Å². The van der Waals surface area contributed by atoms with Crippen molar-refractivity contribution in [3.63, 3.8) is 0 Å². The molecule has 2 atom stereocenters. The second-order valence-electron chi connectivity index (χ2n) is 4.09. The Kier molecular flexibility index (Phi) is 5.43. The average Bonchev–Trinajstić information content (AvgIpc) is 2.27. The van der Waals surface area contributed by atoms with Crippen molar-refractivity contribution in [2.24, 2.45) is 5.73 Å². The number of halogens is 1. The van der Waals surface area contributed by atoms with Crippen molar-refractivity contribution in [2.45, 2.75) is 38.8 Å². The fourth-order valence-electron chi connectivity index (χ4n) is 1.56. The van der Waals surface area contributed by atoms with Crippen LogP contribution in [0.4, 0.5) is 4.39 Å². The topological polar surface area (TPSA) is 35.2 Å². The second-order valence-corrected chi connectivity index (χ2v) is 4.09. The van der Waals surface area contributed by atoms with E-state index in [0.29, 0.717) is 6.61 Å². The van der Waals surface area contributed by atoms with Crippen LogP contribution in [0.2, 0.25) is 0 Å². The Morgan fingerprint density at radius 2 is 1.94 bits per heavy atom. The van der Waals surface area contributed by atoms with Crippen LogP contribution in [-0.2, 0) is 4.74 Å². The predicted octanol–water partition coefficient (Wildman–Crippen LogP) is 3.03. The highest BCUT2D eigenvalue weighted by Gasteiger charge is 2.08. The van der Waals surface area contributed by atoms with Crippen LogP contribution in [0.25, 0.3) is 0 Å². The van der Waals surface area contributed by atoms with Crippen LogP contribution >= 0.6 is 0 Å². The second kappa shape index (κ2) is 6.61. The predicted molar refractivity (Wildman–Crippen MR) is 63.7 cm³/mol. The lowest BCUT2D eigenvalue weighted by Crippen LogP contribution is -2.20. The van der Waals surface area contributed by atoms with Gasteiger partial charge in [0.25, 0.3) is 0 Å². The smallest absolute Gasteiger partial charge is 0.123 e. The maximum absolute atomic E-state index is 12.7. The van der Waals surface area contributed by atoms with Gasteiger partial charge in [-0.3, -0.25) is 0 Å². The lowest BCUT2D eigenvalue weighted by molar-refractivity contribution is 0.0503. The highest BCUT2D eigenvalue weighted by atomic mass is 19.1. The molecule has 0 heterocycles. The molecule has 0 bridgehead atoms. The van der Waals surface area contributed by atoms with E-state index in [1.807, 2.05) is 6.92 Å². The fourth-order valence-corrected chi connectivity index (χ4v) is 1.56. The lowest BCUT2D eigenvalue weighted by Gasteiger charge is -2.16. The van der Waals surface area contributed by atoms with Crippen molar-refractivity contribution in [3.8, 4) is 0 Å². The first kappa shape index (κ1) is 13.1. The van der Waals surface area contributed by atoms with E-state index < -0.39 is 0 Å². The number of hydrogen-bond donors (Lipinski definition) is 1. The molecule has 1 aromatic carbocycles. The van der Waals surface area contributed by atoms with Gasteiger partial charge < -0.3 is 10.5 Å². The molecule has 90 valence electrons. The summed E-state index contributed by atoms with van der Waals surface area (Å²) in [5, 5.41) is 0. The van der Waals surface area contributed by atoms with Gasteiger partial charge in [0.1, 0.15) is 5.82 Å². The lowest BCUT2D eigenvalue weighted by atomic mass is 10.1. The SMILES string of the molecule is CCCC(C)OCC(N)c1ccc(F)cc1. The Balaban J connectivity index is 2.40. The van der Waals surface area contributed by atoms with Crippen molar-refractivity contribution in [3.05, 3.63) is 35.6 Å². The molecule has 0 saturated carbocycles. The summed E-state index contributed by atoms with van der Waals surface area (Å²) in [6, 6.07) is 6.07. The van der Waals surface area contributed by atoms with E-state index in [4.69, 9.17) is 10.5 Å². The zero-order valence-corrected chi connectivity index (χ0v) is 9.95. The minimum Gasteiger partial charge on any atom is -0.377 e. The van der Waals surface area contributed by atoms with E-state index in [1.54, 1.807) is 12.1 Å². The van der Waals surface area contributed by atoms with E-state index in [1.165, 1.54) is 12.1 Å². The summed E-state index contributed by atoms with van der Waals surface area (Å²) < 4.78 is 18.3. The molecule has 0 radical (unpaired) electrons. The summed E-state index contributed by atoms with van der Waals surface area (Å²) in [5.74, 6) is -0.240. The highest BCUT2D eigenvalue weighted by Crippen LogP contribution is 2.13. The summed E-state index contributed by atoms with van der Waals surface area (Å²) in [7, 11) is 0. The first-order valence-corrected chi connectivity index (χ1v) is 5.76. The standard InChI is InChI=1S/C13H20FNO/c1-3-4-10(2)16-9-13(15)11-5-7-12(14)8-6-11/h5-8,10,13H,3-4,9,15H2,1-2H3. The molecule has 0 aromatic heterocycles. The van der Waals surface area contributed by atoms with Crippen molar-refractivity contribution >= 4 is 0 Å². The molecular weight excluding hydrogens is 205 g/mol. The third kappa shape index (κ3) is 4.29. The van der Waals surface area contributed by atoms with Crippen molar-refractivity contribution in [1.29, 1.82) is 0 Å². The first-order chi connectivity index (χ1) is 7.63. The molecule has 0 fully saturated rings. The van der Waals surface area contributed by atoms with Crippen LogP contribution in [0, 0.1) is 5.82 Å². The maximum atomic E-state index is 12.7. The van der Waals surface area contributed by atoms with Crippen molar-refractivity contribution in [2.75, 3.05) is 6.61 Å². The third-order valence-electron chi connectivity index (χ3n) is 2.55. The fraction of sp³-hybridized carbons (Fsp3) is 0.538. The van der Waals surface area contributed by atoms with Gasteiger partial charge in [0, 0.05) is 0 Å². The summed E-state index contributed by atoms with van der Waals surface area (Å²) in [6.07, 6.45) is 2.37. The van der Waals surface area contributed by atoms with E-state index in [2.05, 4.69) is 6.92 Å². The van der Waals surface area contributed by atoms with E-state index in [-0.39, 0.29) is 18.0 Å². The van der Waals surface area contributed by atoms with Crippen LogP contribution in [0.15, 0.2) is 24.3 Å². The Morgan fingerprint density at radius 3 is 2.50 bits per heavy atom. The average molecular weight is 225 g/mol. The summed E-state index contributed by atoms with van der Waals surface area (Å²) in [6.45, 7) is 4.65. The first-order valence-electron chi connectivity index (χ1n) is 5.76. The number of rotatable bonds is 6. The molecule has 2 unspecified atom stereocenters. The third-order valence-corrected chi connectivity index (χ3v) is 2.55. The van der Waals surface area contributed by atoms with Gasteiger partial charge >= 0.3 is 0 Å². The monoisotopic (exact) mass is 225 g/mol. The van der Waals surface area contributed by atoms with Crippen molar-refractivity contribution < 1.29 is 9.13 Å². The molecule has 2 N–H and O–H groups in total. The number of benzene rings is 1. The zero-order chi connectivity index (χ0) is 12.0. The number of nitrogens with two attached hydrogens (primary N) is 1. The minimum absolute atomic E-state index is 0.181. The molecule has 2 nitrogen and oxygen atoms in total.